The molecule has 1 fully saturated rings. The average molecular weight is 312 g/mol. The van der Waals surface area contributed by atoms with Gasteiger partial charge in [-0.15, -0.1) is 0 Å². The summed E-state index contributed by atoms with van der Waals surface area (Å²) >= 11 is 0. The second-order valence-electron chi connectivity index (χ2n) is 5.40. The van der Waals surface area contributed by atoms with Crippen molar-refractivity contribution in [3.05, 3.63) is 23.5 Å². The van der Waals surface area contributed by atoms with E-state index < -0.39 is 0 Å². The van der Waals surface area contributed by atoms with E-state index in [1.165, 1.54) is 13.2 Å². The van der Waals surface area contributed by atoms with Crippen molar-refractivity contribution in [2.45, 2.75) is 18.9 Å². The molecule has 5 nitrogen and oxygen atoms in total. The molecule has 2 rings (SSSR count). The Kier molecular flexibility index (Phi) is 6.42. The molecule has 0 spiro atoms. The fourth-order valence-corrected chi connectivity index (χ4v) is 2.94. The van der Waals surface area contributed by atoms with Gasteiger partial charge in [-0.2, -0.15) is 0 Å². The Morgan fingerprint density at radius 2 is 1.86 bits per heavy atom. The minimum atomic E-state index is -0.292. The Balaban J connectivity index is 2.32. The Labute approximate surface area is 131 Å². The Morgan fingerprint density at radius 1 is 1.23 bits per heavy atom. The van der Waals surface area contributed by atoms with Crippen LogP contribution in [0.15, 0.2) is 12.1 Å². The van der Waals surface area contributed by atoms with E-state index in [1.54, 1.807) is 13.2 Å². The zero-order chi connectivity index (χ0) is 15.9. The minimum absolute atomic E-state index is 0.0611. The number of nitrogens with one attached hydrogen (secondary N) is 1. The van der Waals surface area contributed by atoms with E-state index in [2.05, 4.69) is 10.2 Å². The summed E-state index contributed by atoms with van der Waals surface area (Å²) in [6, 6.07) is 3.04. The summed E-state index contributed by atoms with van der Waals surface area (Å²) in [7, 11) is 3.05. The first-order chi connectivity index (χ1) is 10.7. The molecule has 1 aliphatic rings. The normalized spacial score (nSPS) is 17.3. The van der Waals surface area contributed by atoms with Gasteiger partial charge in [0.15, 0.2) is 11.5 Å². The molecule has 1 aromatic carbocycles. The lowest BCUT2D eigenvalue weighted by atomic mass is 9.98. The number of nitrogens with zero attached hydrogens (tertiary/aromatic N) is 1. The first-order valence-electron chi connectivity index (χ1n) is 7.68. The Bertz CT molecular complexity index is 479. The molecule has 1 aliphatic heterocycles. The fraction of sp³-hybridized carbons (Fsp3) is 0.625. The molecule has 0 saturated carbocycles. The van der Waals surface area contributed by atoms with Crippen LogP contribution in [0.25, 0.3) is 0 Å². The van der Waals surface area contributed by atoms with Crippen LogP contribution in [0.1, 0.15) is 24.4 Å². The van der Waals surface area contributed by atoms with E-state index in [1.807, 2.05) is 0 Å². The monoisotopic (exact) mass is 312 g/mol. The van der Waals surface area contributed by atoms with Gasteiger partial charge in [0.2, 0.25) is 0 Å². The molecule has 2 N–H and O–H groups in total. The summed E-state index contributed by atoms with van der Waals surface area (Å²) in [4.78, 5) is 2.26. The molecule has 0 radical (unpaired) electrons. The number of piperazine rings is 1. The number of ether oxygens (including phenoxy) is 2. The SMILES string of the molecule is COc1cc(F)c([C@@H](CCCO)N2CCNCC2)cc1OC. The highest BCUT2D eigenvalue weighted by Gasteiger charge is 2.26. The molecule has 6 heteroatoms. The summed E-state index contributed by atoms with van der Waals surface area (Å²) in [6.07, 6.45) is 1.35. The predicted molar refractivity (Wildman–Crippen MR) is 83.0 cm³/mol. The van der Waals surface area contributed by atoms with Gasteiger partial charge in [0.25, 0.3) is 0 Å². The number of hydrogen-bond acceptors (Lipinski definition) is 5. The van der Waals surface area contributed by atoms with Gasteiger partial charge >= 0.3 is 0 Å². The lowest BCUT2D eigenvalue weighted by molar-refractivity contribution is 0.151. The van der Waals surface area contributed by atoms with Crippen LogP contribution in [0.5, 0.6) is 11.5 Å². The zero-order valence-electron chi connectivity index (χ0n) is 13.3. The molecule has 1 atom stereocenters. The van der Waals surface area contributed by atoms with Crippen LogP contribution in [0.2, 0.25) is 0 Å². The van der Waals surface area contributed by atoms with Gasteiger partial charge in [-0.1, -0.05) is 0 Å². The maximum atomic E-state index is 14.5. The van der Waals surface area contributed by atoms with Crippen molar-refractivity contribution in [3.63, 3.8) is 0 Å². The molecular formula is C16H25FN2O3. The molecule has 1 heterocycles. The third-order valence-corrected chi connectivity index (χ3v) is 4.09. The number of halogens is 1. The van der Waals surface area contributed by atoms with Crippen LogP contribution in [0, 0.1) is 5.82 Å². The smallest absolute Gasteiger partial charge is 0.163 e. The molecule has 0 unspecified atom stereocenters. The van der Waals surface area contributed by atoms with Gasteiger partial charge in [-0.05, 0) is 18.9 Å². The Hall–Kier alpha value is -1.37. The van der Waals surface area contributed by atoms with Crippen LogP contribution in [-0.4, -0.2) is 57.0 Å². The van der Waals surface area contributed by atoms with Crippen molar-refractivity contribution in [2.75, 3.05) is 47.0 Å². The van der Waals surface area contributed by atoms with E-state index in [-0.39, 0.29) is 18.5 Å². The van der Waals surface area contributed by atoms with Gasteiger partial charge in [0, 0.05) is 50.5 Å². The maximum Gasteiger partial charge on any atom is 0.163 e. The second kappa shape index (κ2) is 8.31. The van der Waals surface area contributed by atoms with E-state index in [4.69, 9.17) is 14.6 Å². The highest BCUT2D eigenvalue weighted by Crippen LogP contribution is 2.36. The van der Waals surface area contributed by atoms with Crippen molar-refractivity contribution >= 4 is 0 Å². The molecule has 0 aromatic heterocycles. The summed E-state index contributed by atoms with van der Waals surface area (Å²) in [5, 5.41) is 12.4. The third-order valence-electron chi connectivity index (χ3n) is 4.09. The van der Waals surface area contributed by atoms with Crippen molar-refractivity contribution in [2.24, 2.45) is 0 Å². The molecule has 0 bridgehead atoms. The predicted octanol–water partition coefficient (Wildman–Crippen LogP) is 1.56. The van der Waals surface area contributed by atoms with E-state index >= 15 is 0 Å². The quantitative estimate of drug-likeness (QED) is 0.800. The summed E-state index contributed by atoms with van der Waals surface area (Å²) < 4.78 is 25.0. The number of hydrogen-bond donors (Lipinski definition) is 2. The number of aliphatic hydroxyl groups excluding tert-OH is 1. The van der Waals surface area contributed by atoms with Crippen molar-refractivity contribution in [1.29, 1.82) is 0 Å². The van der Waals surface area contributed by atoms with Gasteiger partial charge in [0.1, 0.15) is 5.82 Å². The molecule has 124 valence electrons. The molecule has 22 heavy (non-hydrogen) atoms. The standard InChI is InChI=1S/C16H25FN2O3/c1-21-15-10-12(13(17)11-16(15)22-2)14(4-3-9-20)19-7-5-18-6-8-19/h10-11,14,18,20H,3-9H2,1-2H3/t14-/m1/s1. The van der Waals surface area contributed by atoms with Gasteiger partial charge < -0.3 is 19.9 Å². The minimum Gasteiger partial charge on any atom is -0.493 e. The number of methoxy groups -OCH3 is 2. The summed E-state index contributed by atoms with van der Waals surface area (Å²) in [5.74, 6) is 0.632. The first kappa shape index (κ1) is 17.0. The van der Waals surface area contributed by atoms with Crippen molar-refractivity contribution in [1.82, 2.24) is 10.2 Å². The lowest BCUT2D eigenvalue weighted by Gasteiger charge is -2.35. The fourth-order valence-electron chi connectivity index (χ4n) is 2.94. The van der Waals surface area contributed by atoms with E-state index in [0.717, 1.165) is 26.2 Å². The Morgan fingerprint density at radius 3 is 2.45 bits per heavy atom. The van der Waals surface area contributed by atoms with Gasteiger partial charge in [-0.3, -0.25) is 4.90 Å². The van der Waals surface area contributed by atoms with Crippen LogP contribution in [0.3, 0.4) is 0 Å². The number of aliphatic hydroxyl groups is 1. The molecule has 1 saturated heterocycles. The van der Waals surface area contributed by atoms with Crippen LogP contribution >= 0.6 is 0 Å². The van der Waals surface area contributed by atoms with Crippen LogP contribution in [-0.2, 0) is 0 Å². The van der Waals surface area contributed by atoms with E-state index in [9.17, 15) is 4.39 Å². The highest BCUT2D eigenvalue weighted by atomic mass is 19.1. The largest absolute Gasteiger partial charge is 0.493 e. The third kappa shape index (κ3) is 3.88. The average Bonchev–Trinajstić information content (AvgIpc) is 2.57. The highest BCUT2D eigenvalue weighted by molar-refractivity contribution is 5.44. The van der Waals surface area contributed by atoms with Gasteiger partial charge in [-0.25, -0.2) is 4.39 Å². The second-order valence-corrected chi connectivity index (χ2v) is 5.40. The number of rotatable bonds is 7. The van der Waals surface area contributed by atoms with Crippen molar-refractivity contribution < 1.29 is 19.0 Å². The molecular weight excluding hydrogens is 287 g/mol. The van der Waals surface area contributed by atoms with Crippen LogP contribution in [0.4, 0.5) is 4.39 Å². The first-order valence-corrected chi connectivity index (χ1v) is 7.68. The molecule has 0 amide bonds. The molecule has 0 aliphatic carbocycles. The lowest BCUT2D eigenvalue weighted by Crippen LogP contribution is -2.45. The summed E-state index contributed by atoms with van der Waals surface area (Å²) in [5.41, 5.74) is 0.605. The molecule has 1 aromatic rings. The van der Waals surface area contributed by atoms with Crippen LogP contribution < -0.4 is 14.8 Å². The van der Waals surface area contributed by atoms with E-state index in [0.29, 0.717) is 29.9 Å². The van der Waals surface area contributed by atoms with Crippen molar-refractivity contribution in [3.8, 4) is 11.5 Å². The maximum absolute atomic E-state index is 14.5. The zero-order valence-corrected chi connectivity index (χ0v) is 13.3. The summed E-state index contributed by atoms with van der Waals surface area (Å²) in [6.45, 7) is 3.63. The number of benzene rings is 1. The topological polar surface area (TPSA) is 54.0 Å². The van der Waals surface area contributed by atoms with Gasteiger partial charge in [0.05, 0.1) is 14.2 Å².